The number of nitrogens with zero attached hydrogens (tertiary/aromatic N) is 1. The number of carbonyl (C=O) groups excluding carboxylic acids is 2. The fraction of sp³-hybridized carbons (Fsp3) is 0.105. The number of carbonyl (C=O) groups is 2. The summed E-state index contributed by atoms with van der Waals surface area (Å²) in [5.41, 5.74) is 1.96. The Morgan fingerprint density at radius 2 is 1.76 bits per heavy atom. The summed E-state index contributed by atoms with van der Waals surface area (Å²) in [6.45, 7) is 1.45. The van der Waals surface area contributed by atoms with Crippen LogP contribution in [0.5, 0.6) is 0 Å². The number of thiazole rings is 1. The number of rotatable bonds is 5. The summed E-state index contributed by atoms with van der Waals surface area (Å²) in [5.74, 6) is -0.784. The average molecular weight is 372 g/mol. The molecule has 0 unspecified atom stereocenters. The largest absolute Gasteiger partial charge is 0.453 e. The molecule has 3 rings (SSSR count). The lowest BCUT2D eigenvalue weighted by Gasteiger charge is -2.03. The Bertz CT molecular complexity index is 904. The lowest BCUT2D eigenvalue weighted by molar-refractivity contribution is 0.0478. The van der Waals surface area contributed by atoms with Crippen molar-refractivity contribution in [2.45, 2.75) is 6.92 Å². The van der Waals surface area contributed by atoms with Gasteiger partial charge in [-0.05, 0) is 19.1 Å². The topological polar surface area (TPSA) is 56.3 Å². The third-order valence-electron chi connectivity index (χ3n) is 3.50. The number of ketones is 1. The summed E-state index contributed by atoms with van der Waals surface area (Å²) in [7, 11) is 0. The van der Waals surface area contributed by atoms with Crippen LogP contribution < -0.4 is 0 Å². The highest BCUT2D eigenvalue weighted by molar-refractivity contribution is 7.17. The maximum absolute atomic E-state index is 12.3. The van der Waals surface area contributed by atoms with Gasteiger partial charge in [-0.2, -0.15) is 0 Å². The highest BCUT2D eigenvalue weighted by Gasteiger charge is 2.19. The molecule has 3 aromatic rings. The van der Waals surface area contributed by atoms with Gasteiger partial charge in [0, 0.05) is 16.1 Å². The maximum Gasteiger partial charge on any atom is 0.350 e. The Balaban J connectivity index is 1.70. The Kier molecular flexibility index (Phi) is 5.26. The monoisotopic (exact) mass is 371 g/mol. The number of benzene rings is 2. The van der Waals surface area contributed by atoms with Crippen molar-refractivity contribution < 1.29 is 14.3 Å². The van der Waals surface area contributed by atoms with E-state index < -0.39 is 5.97 Å². The predicted molar refractivity (Wildman–Crippen MR) is 98.4 cm³/mol. The van der Waals surface area contributed by atoms with E-state index in [1.165, 1.54) is 11.3 Å². The van der Waals surface area contributed by atoms with Crippen LogP contribution in [0.25, 0.3) is 10.6 Å². The number of hydrogen-bond donors (Lipinski definition) is 0. The standard InChI is InChI=1S/C19H14ClNO3S/c1-12-17(25-18(21-12)14-7-9-15(20)10-8-14)19(23)24-11-16(22)13-5-3-2-4-6-13/h2-10H,11H2,1H3. The van der Waals surface area contributed by atoms with Crippen LogP contribution in [0.2, 0.25) is 5.02 Å². The molecular weight excluding hydrogens is 358 g/mol. The molecule has 1 aromatic heterocycles. The second-order valence-electron chi connectivity index (χ2n) is 5.31. The van der Waals surface area contributed by atoms with E-state index in [-0.39, 0.29) is 12.4 Å². The van der Waals surface area contributed by atoms with E-state index >= 15 is 0 Å². The van der Waals surface area contributed by atoms with Crippen molar-refractivity contribution in [1.29, 1.82) is 0 Å². The van der Waals surface area contributed by atoms with Crippen molar-refractivity contribution in [3.63, 3.8) is 0 Å². The third-order valence-corrected chi connectivity index (χ3v) is 4.94. The molecule has 0 saturated carbocycles. The molecule has 0 aliphatic carbocycles. The first kappa shape index (κ1) is 17.3. The molecule has 0 aliphatic rings. The smallest absolute Gasteiger partial charge is 0.350 e. The summed E-state index contributed by atoms with van der Waals surface area (Å²) in [4.78, 5) is 29.1. The summed E-state index contributed by atoms with van der Waals surface area (Å²) < 4.78 is 5.15. The minimum absolute atomic E-state index is 0.242. The van der Waals surface area contributed by atoms with Crippen LogP contribution in [0.15, 0.2) is 54.6 Å². The van der Waals surface area contributed by atoms with E-state index in [2.05, 4.69) is 4.98 Å². The molecule has 25 heavy (non-hydrogen) atoms. The van der Waals surface area contributed by atoms with Crippen LogP contribution in [0.1, 0.15) is 25.7 Å². The van der Waals surface area contributed by atoms with Crippen LogP contribution in [0.4, 0.5) is 0 Å². The van der Waals surface area contributed by atoms with Gasteiger partial charge in [-0.15, -0.1) is 11.3 Å². The van der Waals surface area contributed by atoms with Crippen LogP contribution in [0, 0.1) is 6.92 Å². The molecule has 0 N–H and O–H groups in total. The Hall–Kier alpha value is -2.50. The van der Waals surface area contributed by atoms with Crippen LogP contribution in [-0.2, 0) is 4.74 Å². The Morgan fingerprint density at radius 3 is 2.44 bits per heavy atom. The van der Waals surface area contributed by atoms with Gasteiger partial charge in [0.05, 0.1) is 5.69 Å². The summed E-state index contributed by atoms with van der Waals surface area (Å²) >= 11 is 7.12. The van der Waals surface area contributed by atoms with Crippen LogP contribution >= 0.6 is 22.9 Å². The first-order chi connectivity index (χ1) is 12.0. The lowest BCUT2D eigenvalue weighted by atomic mass is 10.1. The zero-order chi connectivity index (χ0) is 17.8. The highest BCUT2D eigenvalue weighted by Crippen LogP contribution is 2.29. The second-order valence-corrected chi connectivity index (χ2v) is 6.74. The van der Waals surface area contributed by atoms with Gasteiger partial charge in [0.25, 0.3) is 0 Å². The second kappa shape index (κ2) is 7.59. The van der Waals surface area contributed by atoms with Gasteiger partial charge in [-0.25, -0.2) is 9.78 Å². The van der Waals surface area contributed by atoms with Gasteiger partial charge in [0.15, 0.2) is 12.4 Å². The molecule has 1 heterocycles. The quantitative estimate of drug-likeness (QED) is 0.477. The number of aryl methyl sites for hydroxylation is 1. The van der Waals surface area contributed by atoms with Crippen LogP contribution in [0.3, 0.4) is 0 Å². The number of hydrogen-bond acceptors (Lipinski definition) is 5. The Morgan fingerprint density at radius 1 is 1.08 bits per heavy atom. The van der Waals surface area contributed by atoms with E-state index in [4.69, 9.17) is 16.3 Å². The normalized spacial score (nSPS) is 10.5. The minimum Gasteiger partial charge on any atom is -0.453 e. The number of ether oxygens (including phenoxy) is 1. The summed E-state index contributed by atoms with van der Waals surface area (Å²) in [6.07, 6.45) is 0. The van der Waals surface area contributed by atoms with Crippen molar-refractivity contribution >= 4 is 34.7 Å². The first-order valence-corrected chi connectivity index (χ1v) is 8.73. The fourth-order valence-electron chi connectivity index (χ4n) is 2.21. The van der Waals surface area contributed by atoms with Crippen molar-refractivity contribution in [2.75, 3.05) is 6.61 Å². The molecule has 0 radical (unpaired) electrons. The molecule has 0 saturated heterocycles. The fourth-order valence-corrected chi connectivity index (χ4v) is 3.30. The minimum atomic E-state index is -0.542. The van der Waals surface area contributed by atoms with Gasteiger partial charge in [-0.3, -0.25) is 4.79 Å². The highest BCUT2D eigenvalue weighted by atomic mass is 35.5. The van der Waals surface area contributed by atoms with Gasteiger partial charge < -0.3 is 4.74 Å². The third kappa shape index (κ3) is 4.13. The van der Waals surface area contributed by atoms with E-state index in [1.54, 1.807) is 43.3 Å². The number of esters is 1. The number of halogens is 1. The van der Waals surface area contributed by atoms with Gasteiger partial charge in [0.2, 0.25) is 0 Å². The molecule has 0 atom stereocenters. The molecule has 6 heteroatoms. The van der Waals surface area contributed by atoms with Crippen molar-refractivity contribution in [2.24, 2.45) is 0 Å². The molecule has 0 amide bonds. The molecular formula is C19H14ClNO3S. The maximum atomic E-state index is 12.3. The SMILES string of the molecule is Cc1nc(-c2ccc(Cl)cc2)sc1C(=O)OCC(=O)c1ccccc1. The molecule has 0 aliphatic heterocycles. The van der Waals surface area contributed by atoms with Crippen molar-refractivity contribution in [3.05, 3.63) is 75.8 Å². The Labute approximate surface area is 154 Å². The van der Waals surface area contributed by atoms with Crippen LogP contribution in [-0.4, -0.2) is 23.3 Å². The molecule has 0 fully saturated rings. The van der Waals surface area contributed by atoms with Gasteiger partial charge in [0.1, 0.15) is 9.88 Å². The average Bonchev–Trinajstić information content (AvgIpc) is 3.02. The van der Waals surface area contributed by atoms with E-state index in [0.717, 1.165) is 5.56 Å². The number of aromatic nitrogens is 1. The van der Waals surface area contributed by atoms with E-state index in [0.29, 0.717) is 26.2 Å². The van der Waals surface area contributed by atoms with Gasteiger partial charge >= 0.3 is 5.97 Å². The van der Waals surface area contributed by atoms with E-state index in [9.17, 15) is 9.59 Å². The predicted octanol–water partition coefficient (Wildman–Crippen LogP) is 4.81. The molecule has 4 nitrogen and oxygen atoms in total. The molecule has 126 valence electrons. The zero-order valence-corrected chi connectivity index (χ0v) is 14.9. The van der Waals surface area contributed by atoms with Gasteiger partial charge in [-0.1, -0.05) is 54.1 Å². The van der Waals surface area contributed by atoms with Crippen molar-refractivity contribution in [3.8, 4) is 10.6 Å². The molecule has 2 aromatic carbocycles. The lowest BCUT2D eigenvalue weighted by Crippen LogP contribution is -2.14. The number of Topliss-reactive ketones (excluding diaryl/α,β-unsaturated/α-hetero) is 1. The molecule has 0 spiro atoms. The first-order valence-electron chi connectivity index (χ1n) is 7.53. The summed E-state index contributed by atoms with van der Waals surface area (Å²) in [5, 5.41) is 1.34. The van der Waals surface area contributed by atoms with Crippen molar-refractivity contribution in [1.82, 2.24) is 4.98 Å². The summed E-state index contributed by atoms with van der Waals surface area (Å²) in [6, 6.07) is 15.9. The molecule has 0 bridgehead atoms. The van der Waals surface area contributed by atoms with E-state index in [1.807, 2.05) is 18.2 Å². The zero-order valence-electron chi connectivity index (χ0n) is 13.4.